The Morgan fingerprint density at radius 2 is 1.03 bits per heavy atom. The molecule has 8 nitrogen and oxygen atoms in total. The minimum absolute atomic E-state index is 0.306. The van der Waals surface area contributed by atoms with Crippen molar-refractivity contribution in [3.8, 4) is 0 Å². The number of carbonyl (C=O) groups is 2. The molecule has 9 heteroatoms. The van der Waals surface area contributed by atoms with Gasteiger partial charge < -0.3 is 19.3 Å². The summed E-state index contributed by atoms with van der Waals surface area (Å²) < 4.78 is 26.0. The Morgan fingerprint density at radius 3 is 1.31 bits per heavy atom. The van der Waals surface area contributed by atoms with E-state index in [1.54, 1.807) is 0 Å². The average molecular weight is 481 g/mol. The molecule has 0 saturated heterocycles. The normalized spacial score (nSPS) is 17.8. The summed E-state index contributed by atoms with van der Waals surface area (Å²) in [4.78, 5) is 44.5. The third-order valence-corrected chi connectivity index (χ3v) is 9.16. The Hall–Kier alpha value is -0.950. The Morgan fingerprint density at radius 1 is 0.688 bits per heavy atom. The van der Waals surface area contributed by atoms with Crippen molar-refractivity contribution in [3.05, 3.63) is 0 Å². The molecule has 0 aliphatic rings. The van der Waals surface area contributed by atoms with Crippen molar-refractivity contribution in [1.82, 2.24) is 0 Å². The maximum Gasteiger partial charge on any atom is 0.469 e. The lowest BCUT2D eigenvalue weighted by molar-refractivity contribution is -0.216. The highest BCUT2D eigenvalue weighted by Crippen LogP contribution is 2.68. The molecule has 0 amide bonds. The second-order valence-electron chi connectivity index (χ2n) is 12.0. The summed E-state index contributed by atoms with van der Waals surface area (Å²) in [5.74, 6) is -0.888. The van der Waals surface area contributed by atoms with E-state index in [1.807, 2.05) is 83.1 Å². The number of methoxy groups -OCH3 is 1. The Bertz CT molecular complexity index is 738. The zero-order valence-electron chi connectivity index (χ0n) is 22.2. The van der Waals surface area contributed by atoms with Crippen molar-refractivity contribution in [2.24, 2.45) is 32.5 Å². The SMILES string of the molecule is COC(=O)C(C)(C(C)(C)C)C(C)(C)C(C)(C)C(C)(C(=O)OCCOP(=O)(O)O)C(C)(C)C. The zero-order chi connectivity index (χ0) is 26.2. The van der Waals surface area contributed by atoms with Crippen LogP contribution in [0.5, 0.6) is 0 Å². The van der Waals surface area contributed by atoms with Crippen molar-refractivity contribution in [2.45, 2.75) is 83.1 Å². The monoisotopic (exact) mass is 480 g/mol. The van der Waals surface area contributed by atoms with Gasteiger partial charge in [-0.1, -0.05) is 69.2 Å². The van der Waals surface area contributed by atoms with Gasteiger partial charge in [-0.3, -0.25) is 14.1 Å². The first-order valence-corrected chi connectivity index (χ1v) is 12.3. The van der Waals surface area contributed by atoms with E-state index in [2.05, 4.69) is 4.52 Å². The molecule has 0 aromatic heterocycles. The van der Waals surface area contributed by atoms with Gasteiger partial charge in [0.25, 0.3) is 0 Å². The van der Waals surface area contributed by atoms with Crippen LogP contribution >= 0.6 is 7.82 Å². The van der Waals surface area contributed by atoms with E-state index in [1.165, 1.54) is 7.11 Å². The molecular formula is C23H45O8P. The van der Waals surface area contributed by atoms with Crippen molar-refractivity contribution in [1.29, 1.82) is 0 Å². The van der Waals surface area contributed by atoms with E-state index in [0.29, 0.717) is 0 Å². The van der Waals surface area contributed by atoms with Crippen molar-refractivity contribution < 1.29 is 37.9 Å². The van der Waals surface area contributed by atoms with Crippen LogP contribution in [0.3, 0.4) is 0 Å². The van der Waals surface area contributed by atoms with Crippen LogP contribution in [0.1, 0.15) is 83.1 Å². The summed E-state index contributed by atoms with van der Waals surface area (Å²) >= 11 is 0. The second-order valence-corrected chi connectivity index (χ2v) is 13.2. The molecule has 0 bridgehead atoms. The van der Waals surface area contributed by atoms with E-state index >= 15 is 0 Å². The van der Waals surface area contributed by atoms with Crippen LogP contribution in [0.15, 0.2) is 0 Å². The van der Waals surface area contributed by atoms with Crippen LogP contribution in [-0.4, -0.2) is 42.0 Å². The predicted molar refractivity (Wildman–Crippen MR) is 124 cm³/mol. The molecule has 0 aliphatic heterocycles. The smallest absolute Gasteiger partial charge is 0.469 e. The van der Waals surface area contributed by atoms with Gasteiger partial charge in [0.2, 0.25) is 0 Å². The van der Waals surface area contributed by atoms with Crippen LogP contribution in [0, 0.1) is 32.5 Å². The first-order valence-electron chi connectivity index (χ1n) is 10.8. The van der Waals surface area contributed by atoms with Crippen LogP contribution in [0.4, 0.5) is 0 Å². The van der Waals surface area contributed by atoms with E-state index < -0.39 is 52.9 Å². The minimum atomic E-state index is -4.66. The van der Waals surface area contributed by atoms with Gasteiger partial charge in [-0.15, -0.1) is 0 Å². The number of carbonyl (C=O) groups excluding carboxylic acids is 2. The molecule has 0 radical (unpaired) electrons. The summed E-state index contributed by atoms with van der Waals surface area (Å²) in [7, 11) is -3.29. The van der Waals surface area contributed by atoms with Gasteiger partial charge in [-0.25, -0.2) is 4.57 Å². The fourth-order valence-corrected chi connectivity index (χ4v) is 5.20. The van der Waals surface area contributed by atoms with Gasteiger partial charge in [0.05, 0.1) is 24.5 Å². The van der Waals surface area contributed by atoms with Crippen molar-refractivity contribution in [2.75, 3.05) is 20.3 Å². The third-order valence-electron chi connectivity index (χ3n) is 8.64. The van der Waals surface area contributed by atoms with Gasteiger partial charge in [0, 0.05) is 0 Å². The largest absolute Gasteiger partial charge is 0.469 e. The second kappa shape index (κ2) is 9.36. The molecule has 32 heavy (non-hydrogen) atoms. The van der Waals surface area contributed by atoms with Gasteiger partial charge in [-0.2, -0.15) is 0 Å². The van der Waals surface area contributed by atoms with Gasteiger partial charge in [-0.05, 0) is 35.5 Å². The summed E-state index contributed by atoms with van der Waals surface area (Å²) in [6.45, 7) is 22.6. The highest BCUT2D eigenvalue weighted by atomic mass is 31.2. The summed E-state index contributed by atoms with van der Waals surface area (Å²) in [5, 5.41) is 0. The lowest BCUT2D eigenvalue weighted by atomic mass is 9.39. The molecule has 0 aromatic rings. The highest BCUT2D eigenvalue weighted by Gasteiger charge is 2.69. The fourth-order valence-electron chi connectivity index (χ4n) is 4.89. The van der Waals surface area contributed by atoms with E-state index in [9.17, 15) is 14.2 Å². The summed E-state index contributed by atoms with van der Waals surface area (Å²) in [5.41, 5.74) is -4.75. The van der Waals surface area contributed by atoms with Crippen molar-refractivity contribution >= 4 is 19.8 Å². The summed E-state index contributed by atoms with van der Waals surface area (Å²) in [6, 6.07) is 0. The van der Waals surface area contributed by atoms with E-state index in [-0.39, 0.29) is 12.6 Å². The lowest BCUT2D eigenvalue weighted by Gasteiger charge is -2.64. The van der Waals surface area contributed by atoms with Crippen LogP contribution in [0.2, 0.25) is 0 Å². The topological polar surface area (TPSA) is 119 Å². The quantitative estimate of drug-likeness (QED) is 0.270. The molecule has 2 atom stereocenters. The first kappa shape index (κ1) is 31.0. The number of hydrogen-bond donors (Lipinski definition) is 2. The first-order chi connectivity index (χ1) is 13.9. The summed E-state index contributed by atoms with van der Waals surface area (Å²) in [6.07, 6.45) is 0. The third kappa shape index (κ3) is 5.24. The Balaban J connectivity index is 6.56. The minimum Gasteiger partial charge on any atom is -0.469 e. The number of phosphoric ester groups is 1. The van der Waals surface area contributed by atoms with Crippen LogP contribution in [0.25, 0.3) is 0 Å². The molecule has 0 spiro atoms. The van der Waals surface area contributed by atoms with E-state index in [4.69, 9.17) is 19.3 Å². The molecule has 2 N–H and O–H groups in total. The standard InChI is InChI=1S/C23H45O8P/c1-18(2,3)22(11,16(24)29-13)20(7,8)21(9,10)23(12,19(4,5)6)17(25)30-14-15-31-32(26,27)28/h14-15H2,1-13H3,(H2,26,27,28). The van der Waals surface area contributed by atoms with Crippen LogP contribution < -0.4 is 0 Å². The van der Waals surface area contributed by atoms with Gasteiger partial charge >= 0.3 is 19.8 Å². The Labute approximate surface area is 194 Å². The predicted octanol–water partition coefficient (Wildman–Crippen LogP) is 4.97. The molecular weight excluding hydrogens is 435 g/mol. The average Bonchev–Trinajstić information content (AvgIpc) is 2.59. The maximum atomic E-state index is 13.6. The van der Waals surface area contributed by atoms with Crippen molar-refractivity contribution in [3.63, 3.8) is 0 Å². The molecule has 0 fully saturated rings. The van der Waals surface area contributed by atoms with E-state index in [0.717, 1.165) is 0 Å². The number of ether oxygens (including phenoxy) is 2. The molecule has 190 valence electrons. The molecule has 0 saturated carbocycles. The number of hydrogen-bond acceptors (Lipinski definition) is 6. The maximum absolute atomic E-state index is 13.6. The van der Waals surface area contributed by atoms with Gasteiger partial charge in [0.15, 0.2) is 0 Å². The number of phosphoric acid groups is 1. The fraction of sp³-hybridized carbons (Fsp3) is 0.913. The highest BCUT2D eigenvalue weighted by molar-refractivity contribution is 7.46. The number of rotatable bonds is 9. The lowest BCUT2D eigenvalue weighted by Crippen LogP contribution is -2.65. The molecule has 0 aromatic carbocycles. The molecule has 0 heterocycles. The molecule has 2 unspecified atom stereocenters. The molecule has 0 rings (SSSR count). The zero-order valence-corrected chi connectivity index (χ0v) is 23.1. The van der Waals surface area contributed by atoms with Crippen LogP contribution in [-0.2, 0) is 28.2 Å². The number of esters is 2. The molecule has 0 aliphatic carbocycles. The van der Waals surface area contributed by atoms with Gasteiger partial charge in [0.1, 0.15) is 6.61 Å². The Kier molecular flexibility index (Phi) is 9.08.